The van der Waals surface area contributed by atoms with Crippen molar-refractivity contribution in [3.05, 3.63) is 12.2 Å². The summed E-state index contributed by atoms with van der Waals surface area (Å²) in [5.74, 6) is -3.25. The Morgan fingerprint density at radius 2 is 1.67 bits per heavy atom. The molecule has 5 rings (SSSR count). The number of aliphatic carboxylic acids is 1. The number of carbonyl (C=O) groups excluding carboxylic acids is 1. The van der Waals surface area contributed by atoms with Crippen LogP contribution >= 0.6 is 0 Å². The molecule has 1 spiro atoms. The summed E-state index contributed by atoms with van der Waals surface area (Å²) in [5.41, 5.74) is -0.319. The van der Waals surface area contributed by atoms with Crippen LogP contribution < -0.4 is 0 Å². The molecule has 4 aliphatic carbocycles. The molecule has 0 unspecified atom stereocenters. The first-order chi connectivity index (χ1) is 22.2. The quantitative estimate of drug-likeness (QED) is 0.0879. The number of hydrogen-bond acceptors (Lipinski definition) is 13. The lowest BCUT2D eigenvalue weighted by molar-refractivity contribution is -0.316. The van der Waals surface area contributed by atoms with Crippen molar-refractivity contribution < 1.29 is 73.4 Å². The van der Waals surface area contributed by atoms with Gasteiger partial charge in [-0.1, -0.05) is 27.4 Å². The number of carbonyl (C=O) groups is 2. The van der Waals surface area contributed by atoms with Gasteiger partial charge >= 0.3 is 32.7 Å². The van der Waals surface area contributed by atoms with Crippen LogP contribution in [0.15, 0.2) is 12.2 Å². The largest absolute Gasteiger partial charge is 0.481 e. The fourth-order valence-corrected chi connectivity index (χ4v) is 10.8. The molecule has 0 aromatic heterocycles. The molecule has 0 aromatic carbocycles. The van der Waals surface area contributed by atoms with Gasteiger partial charge in [-0.05, 0) is 79.6 Å². The van der Waals surface area contributed by atoms with Crippen molar-refractivity contribution in [2.45, 2.75) is 115 Å². The first-order valence-corrected chi connectivity index (χ1v) is 18.9. The van der Waals surface area contributed by atoms with E-state index < -0.39 is 99.0 Å². The zero-order valence-corrected chi connectivity index (χ0v) is 28.7. The molecule has 48 heavy (non-hydrogen) atoms. The van der Waals surface area contributed by atoms with Crippen LogP contribution in [0.1, 0.15) is 72.1 Å². The molecule has 1 heterocycles. The van der Waals surface area contributed by atoms with Gasteiger partial charge in [-0.25, -0.2) is 8.37 Å². The molecular weight excluding hydrogens is 680 g/mol. The fraction of sp³-hybridized carbons (Fsp3) is 0.867. The Morgan fingerprint density at radius 1 is 1.02 bits per heavy atom. The van der Waals surface area contributed by atoms with E-state index in [-0.39, 0.29) is 42.9 Å². The van der Waals surface area contributed by atoms with Gasteiger partial charge < -0.3 is 29.5 Å². The average Bonchev–Trinajstić information content (AvgIpc) is 3.12. The molecule has 4 saturated carbocycles. The Kier molecular flexibility index (Phi) is 10.5. The lowest BCUT2D eigenvalue weighted by atomic mass is 9.43. The molecule has 16 nitrogen and oxygen atoms in total. The smallest absolute Gasteiger partial charge is 0.397 e. The Labute approximate surface area is 280 Å². The lowest BCUT2D eigenvalue weighted by Gasteiger charge is -2.62. The number of carboxylic acid groups (broad SMARTS) is 1. The van der Waals surface area contributed by atoms with Gasteiger partial charge in [0, 0.05) is 11.8 Å². The number of aliphatic hydroxyl groups excluding tert-OH is 2. The maximum atomic E-state index is 12.9. The van der Waals surface area contributed by atoms with E-state index in [1.165, 1.54) is 0 Å². The number of rotatable bonds is 11. The molecule has 0 radical (unpaired) electrons. The van der Waals surface area contributed by atoms with Gasteiger partial charge in [-0.3, -0.25) is 18.7 Å². The third kappa shape index (κ3) is 7.20. The summed E-state index contributed by atoms with van der Waals surface area (Å²) < 4.78 is 93.5. The Balaban J connectivity index is 1.51. The van der Waals surface area contributed by atoms with Crippen molar-refractivity contribution in [1.29, 1.82) is 0 Å². The predicted octanol–water partition coefficient (Wildman–Crippen LogP) is 1.67. The van der Waals surface area contributed by atoms with E-state index in [1.807, 2.05) is 6.92 Å². The van der Waals surface area contributed by atoms with E-state index in [0.29, 0.717) is 12.8 Å². The Hall–Kier alpha value is -1.74. The molecule has 1 saturated heterocycles. The van der Waals surface area contributed by atoms with Gasteiger partial charge in [-0.2, -0.15) is 16.8 Å². The standard InChI is InChI=1S/C30H46O16S2/c1-14(2)9-22(32)44-25-24(46-48(39,40)41)23(45-47(36,37)38)20(13-31)43-28(25)42-17-10-18(27(34)35)19-7-8-30-11-16(15(3)26(30)33)5-6-21(30)29(19,4)12-17/h14,16-21,23-26,28,31,33H,3,5-13H2,1-2,4H3,(H,34,35)(H,36,37,38)(H,39,40,41)/t16-,17+,18+,19+,20+,21-,23+,24-,25+,26-,28+,29+,30+/m0/s1. The van der Waals surface area contributed by atoms with E-state index in [2.05, 4.69) is 10.8 Å². The number of carboxylic acids is 1. The minimum Gasteiger partial charge on any atom is -0.481 e. The van der Waals surface area contributed by atoms with Crippen LogP contribution in [-0.2, 0) is 53.0 Å². The van der Waals surface area contributed by atoms with Gasteiger partial charge in [0.05, 0.1) is 24.7 Å². The normalized spacial score (nSPS) is 43.0. The molecule has 5 fully saturated rings. The number of fused-ring (bicyclic) bond motifs is 3. The van der Waals surface area contributed by atoms with Crippen LogP contribution in [0.4, 0.5) is 0 Å². The molecule has 274 valence electrons. The zero-order valence-electron chi connectivity index (χ0n) is 27.0. The van der Waals surface area contributed by atoms with Crippen LogP contribution in [0.5, 0.6) is 0 Å². The van der Waals surface area contributed by atoms with Crippen LogP contribution in [0.2, 0.25) is 0 Å². The summed E-state index contributed by atoms with van der Waals surface area (Å²) in [5, 5.41) is 32.0. The van der Waals surface area contributed by atoms with Crippen LogP contribution in [-0.4, -0.2) is 103 Å². The maximum absolute atomic E-state index is 12.9. The summed E-state index contributed by atoms with van der Waals surface area (Å²) in [6.45, 7) is 8.52. The minimum absolute atomic E-state index is 0.0156. The summed E-state index contributed by atoms with van der Waals surface area (Å²) in [7, 11) is -10.8. The van der Waals surface area contributed by atoms with Gasteiger partial charge in [0.2, 0.25) is 0 Å². The number of hydrogen-bond donors (Lipinski definition) is 5. The second-order valence-corrected chi connectivity index (χ2v) is 16.9. The fourth-order valence-electron chi connectivity index (χ4n) is 9.82. The van der Waals surface area contributed by atoms with Gasteiger partial charge in [-0.15, -0.1) is 0 Å². The molecule has 0 aromatic rings. The van der Waals surface area contributed by atoms with E-state index >= 15 is 0 Å². The summed E-state index contributed by atoms with van der Waals surface area (Å²) in [6, 6.07) is 0. The second-order valence-electron chi connectivity index (χ2n) is 14.8. The van der Waals surface area contributed by atoms with Crippen molar-refractivity contribution in [2.75, 3.05) is 6.61 Å². The molecule has 0 amide bonds. The van der Waals surface area contributed by atoms with Crippen molar-refractivity contribution in [2.24, 2.45) is 40.4 Å². The summed E-state index contributed by atoms with van der Waals surface area (Å²) >= 11 is 0. The number of ether oxygens (including phenoxy) is 3. The highest BCUT2D eigenvalue weighted by molar-refractivity contribution is 7.81. The molecule has 2 bridgehead atoms. The Bertz CT molecular complexity index is 1480. The lowest BCUT2D eigenvalue weighted by Crippen LogP contribution is -2.64. The topological polar surface area (TPSA) is 250 Å². The molecule has 1 aliphatic heterocycles. The number of aliphatic hydroxyl groups is 2. The van der Waals surface area contributed by atoms with Crippen molar-refractivity contribution in [3.8, 4) is 0 Å². The van der Waals surface area contributed by atoms with Crippen LogP contribution in [0.25, 0.3) is 0 Å². The van der Waals surface area contributed by atoms with E-state index in [9.17, 15) is 50.8 Å². The minimum atomic E-state index is -5.42. The highest BCUT2D eigenvalue weighted by Crippen LogP contribution is 2.70. The second kappa shape index (κ2) is 13.4. The summed E-state index contributed by atoms with van der Waals surface area (Å²) in [6.07, 6.45) is -7.93. The highest BCUT2D eigenvalue weighted by Gasteiger charge is 2.67. The molecule has 5 N–H and O–H groups in total. The van der Waals surface area contributed by atoms with Gasteiger partial charge in [0.1, 0.15) is 12.2 Å². The van der Waals surface area contributed by atoms with E-state index in [4.69, 9.17) is 18.4 Å². The van der Waals surface area contributed by atoms with Gasteiger partial charge in [0.15, 0.2) is 18.5 Å². The maximum Gasteiger partial charge on any atom is 0.397 e. The third-order valence-electron chi connectivity index (χ3n) is 11.5. The Morgan fingerprint density at radius 3 is 2.25 bits per heavy atom. The molecular formula is C30H46O16S2. The third-order valence-corrected chi connectivity index (χ3v) is 12.4. The van der Waals surface area contributed by atoms with Gasteiger partial charge in [0.25, 0.3) is 0 Å². The van der Waals surface area contributed by atoms with E-state index in [0.717, 1.165) is 24.8 Å². The first kappa shape index (κ1) is 37.5. The van der Waals surface area contributed by atoms with Crippen LogP contribution in [0.3, 0.4) is 0 Å². The predicted molar refractivity (Wildman–Crippen MR) is 162 cm³/mol. The molecule has 18 heteroatoms. The van der Waals surface area contributed by atoms with Crippen LogP contribution in [0, 0.1) is 40.4 Å². The zero-order chi connectivity index (χ0) is 35.6. The van der Waals surface area contributed by atoms with Crippen molar-refractivity contribution >= 4 is 32.7 Å². The summed E-state index contributed by atoms with van der Waals surface area (Å²) in [4.78, 5) is 25.7. The van der Waals surface area contributed by atoms with E-state index in [1.54, 1.807) is 13.8 Å². The average molecular weight is 727 g/mol. The van der Waals surface area contributed by atoms with Crippen molar-refractivity contribution in [1.82, 2.24) is 0 Å². The molecule has 13 atom stereocenters. The molecule has 5 aliphatic rings. The monoisotopic (exact) mass is 726 g/mol. The highest BCUT2D eigenvalue weighted by atomic mass is 32.3. The van der Waals surface area contributed by atoms with Crippen molar-refractivity contribution in [3.63, 3.8) is 0 Å². The number of esters is 1. The SMILES string of the molecule is C=C1[C@H]2CC[C@H]3[C@]4(C)C[C@H](O[C@@H]5O[C@H](CO)[C@@H](OS(=O)(=O)O)[C@H](OS(=O)(=O)O)[C@H]5OC(=O)CC(C)C)C[C@@H](C(=O)O)[C@H]4CC[C@]3(C2)[C@H]1O. The first-order valence-electron chi connectivity index (χ1n) is 16.2.